The van der Waals surface area contributed by atoms with Gasteiger partial charge in [-0.3, -0.25) is 9.69 Å². The molecule has 0 aromatic heterocycles. The molecule has 4 rings (SSSR count). The van der Waals surface area contributed by atoms with E-state index >= 15 is 0 Å². The van der Waals surface area contributed by atoms with Crippen LogP contribution in [0.4, 0.5) is 0 Å². The van der Waals surface area contributed by atoms with E-state index in [2.05, 4.69) is 35.2 Å². The van der Waals surface area contributed by atoms with Crippen LogP contribution in [0.3, 0.4) is 0 Å². The quantitative estimate of drug-likeness (QED) is 0.830. The Hall–Kier alpha value is -1.93. The van der Waals surface area contributed by atoms with E-state index in [1.54, 1.807) is 0 Å². The van der Waals surface area contributed by atoms with Crippen LogP contribution in [-0.4, -0.2) is 23.8 Å². The Morgan fingerprint density at radius 1 is 0.900 bits per heavy atom. The SMILES string of the molecule is O=C1c2ccccc2[C@@H]2CN(Cc3ccccc3)C[C@H]12. The molecule has 1 saturated heterocycles. The van der Waals surface area contributed by atoms with Crippen LogP contribution in [0.15, 0.2) is 54.6 Å². The summed E-state index contributed by atoms with van der Waals surface area (Å²) in [7, 11) is 0. The van der Waals surface area contributed by atoms with Crippen LogP contribution in [0.2, 0.25) is 0 Å². The van der Waals surface area contributed by atoms with Crippen molar-refractivity contribution in [3.8, 4) is 0 Å². The van der Waals surface area contributed by atoms with E-state index in [1.807, 2.05) is 24.3 Å². The van der Waals surface area contributed by atoms with Gasteiger partial charge in [0, 0.05) is 37.0 Å². The first-order valence-corrected chi connectivity index (χ1v) is 7.22. The highest BCUT2D eigenvalue weighted by molar-refractivity contribution is 6.03. The van der Waals surface area contributed by atoms with Gasteiger partial charge in [0.15, 0.2) is 5.78 Å². The molecular formula is C18H17NO. The van der Waals surface area contributed by atoms with E-state index in [0.29, 0.717) is 11.7 Å². The van der Waals surface area contributed by atoms with Gasteiger partial charge in [-0.2, -0.15) is 0 Å². The number of likely N-dealkylation sites (tertiary alicyclic amines) is 1. The lowest BCUT2D eigenvalue weighted by molar-refractivity contribution is 0.0931. The molecule has 2 atom stereocenters. The molecule has 2 heteroatoms. The van der Waals surface area contributed by atoms with Gasteiger partial charge < -0.3 is 0 Å². The molecule has 20 heavy (non-hydrogen) atoms. The van der Waals surface area contributed by atoms with Gasteiger partial charge in [0.1, 0.15) is 0 Å². The predicted octanol–water partition coefficient (Wildman–Crippen LogP) is 3.10. The standard InChI is InChI=1S/C18H17NO/c20-18-15-9-5-4-8-14(15)16-11-19(12-17(16)18)10-13-6-2-1-3-7-13/h1-9,16-17H,10-12H2/t16-,17-/m0/s1. The van der Waals surface area contributed by atoms with Crippen molar-refractivity contribution in [3.63, 3.8) is 0 Å². The molecule has 1 heterocycles. The lowest BCUT2D eigenvalue weighted by Crippen LogP contribution is -2.22. The summed E-state index contributed by atoms with van der Waals surface area (Å²) in [5.41, 5.74) is 3.55. The van der Waals surface area contributed by atoms with Crippen molar-refractivity contribution in [3.05, 3.63) is 71.3 Å². The van der Waals surface area contributed by atoms with Crippen LogP contribution in [0.5, 0.6) is 0 Å². The Morgan fingerprint density at radius 2 is 1.60 bits per heavy atom. The summed E-state index contributed by atoms with van der Waals surface area (Å²) in [4.78, 5) is 14.9. The van der Waals surface area contributed by atoms with Gasteiger partial charge in [-0.1, -0.05) is 54.6 Å². The van der Waals surface area contributed by atoms with Crippen LogP contribution in [0.1, 0.15) is 27.4 Å². The number of ketones is 1. The van der Waals surface area contributed by atoms with E-state index in [9.17, 15) is 4.79 Å². The zero-order valence-corrected chi connectivity index (χ0v) is 11.3. The topological polar surface area (TPSA) is 20.3 Å². The molecule has 0 radical (unpaired) electrons. The van der Waals surface area contributed by atoms with Gasteiger partial charge in [-0.05, 0) is 11.1 Å². The lowest BCUT2D eigenvalue weighted by Gasteiger charge is -2.17. The molecule has 2 nitrogen and oxygen atoms in total. The largest absolute Gasteiger partial charge is 0.298 e. The zero-order valence-electron chi connectivity index (χ0n) is 11.3. The minimum atomic E-state index is 0.177. The molecule has 1 aliphatic heterocycles. The minimum Gasteiger partial charge on any atom is -0.298 e. The van der Waals surface area contributed by atoms with Gasteiger partial charge in [-0.15, -0.1) is 0 Å². The van der Waals surface area contributed by atoms with Crippen molar-refractivity contribution in [1.29, 1.82) is 0 Å². The monoisotopic (exact) mass is 263 g/mol. The molecular weight excluding hydrogens is 246 g/mol. The highest BCUT2D eigenvalue weighted by Crippen LogP contribution is 2.42. The van der Waals surface area contributed by atoms with Crippen molar-refractivity contribution in [2.75, 3.05) is 13.1 Å². The average Bonchev–Trinajstić information content (AvgIpc) is 3.01. The lowest BCUT2D eigenvalue weighted by atomic mass is 9.96. The fourth-order valence-corrected chi connectivity index (χ4v) is 3.68. The molecule has 0 N–H and O–H groups in total. The van der Waals surface area contributed by atoms with Crippen LogP contribution in [0, 0.1) is 5.92 Å². The molecule has 1 fully saturated rings. The normalized spacial score (nSPS) is 24.7. The van der Waals surface area contributed by atoms with Crippen molar-refractivity contribution in [2.45, 2.75) is 12.5 Å². The average molecular weight is 263 g/mol. The minimum absolute atomic E-state index is 0.177. The number of nitrogens with zero attached hydrogens (tertiary/aromatic N) is 1. The summed E-state index contributed by atoms with van der Waals surface area (Å²) >= 11 is 0. The number of carbonyl (C=O) groups is 1. The fourth-order valence-electron chi connectivity index (χ4n) is 3.68. The summed E-state index contributed by atoms with van der Waals surface area (Å²) in [5.74, 6) is 0.930. The number of hydrogen-bond donors (Lipinski definition) is 0. The molecule has 100 valence electrons. The maximum absolute atomic E-state index is 12.4. The Kier molecular flexibility index (Phi) is 2.71. The predicted molar refractivity (Wildman–Crippen MR) is 78.7 cm³/mol. The number of Topliss-reactive ketones (excluding diaryl/α,β-unsaturated/α-hetero) is 1. The summed E-state index contributed by atoms with van der Waals surface area (Å²) in [6.45, 7) is 2.85. The molecule has 0 unspecified atom stereocenters. The third-order valence-electron chi connectivity index (χ3n) is 4.61. The zero-order chi connectivity index (χ0) is 13.5. The van der Waals surface area contributed by atoms with E-state index in [4.69, 9.17) is 0 Å². The van der Waals surface area contributed by atoms with Crippen molar-refractivity contribution >= 4 is 5.78 Å². The Labute approximate surface area is 119 Å². The summed E-state index contributed by atoms with van der Waals surface area (Å²) in [6.07, 6.45) is 0. The molecule has 2 aromatic rings. The Balaban J connectivity index is 1.57. The molecule has 2 aliphatic rings. The molecule has 0 bridgehead atoms. The van der Waals surface area contributed by atoms with Crippen LogP contribution >= 0.6 is 0 Å². The van der Waals surface area contributed by atoms with Crippen LogP contribution < -0.4 is 0 Å². The first kappa shape index (κ1) is 11.9. The number of rotatable bonds is 2. The highest BCUT2D eigenvalue weighted by atomic mass is 16.1. The summed E-state index contributed by atoms with van der Waals surface area (Å²) in [5, 5.41) is 0. The second kappa shape index (κ2) is 4.57. The number of benzene rings is 2. The number of fused-ring (bicyclic) bond motifs is 3. The van der Waals surface area contributed by atoms with E-state index in [0.717, 1.165) is 25.2 Å². The fraction of sp³-hybridized carbons (Fsp3) is 0.278. The number of hydrogen-bond acceptors (Lipinski definition) is 2. The molecule has 0 saturated carbocycles. The van der Waals surface area contributed by atoms with Gasteiger partial charge >= 0.3 is 0 Å². The van der Waals surface area contributed by atoms with Gasteiger partial charge in [-0.25, -0.2) is 0 Å². The van der Waals surface area contributed by atoms with Crippen LogP contribution in [-0.2, 0) is 6.54 Å². The second-order valence-electron chi connectivity index (χ2n) is 5.84. The highest BCUT2D eigenvalue weighted by Gasteiger charge is 2.45. The Morgan fingerprint density at radius 3 is 2.45 bits per heavy atom. The third-order valence-corrected chi connectivity index (χ3v) is 4.61. The summed E-state index contributed by atoms with van der Waals surface area (Å²) < 4.78 is 0. The molecule has 0 spiro atoms. The van der Waals surface area contributed by atoms with Gasteiger partial charge in [0.25, 0.3) is 0 Å². The van der Waals surface area contributed by atoms with Gasteiger partial charge in [0.05, 0.1) is 0 Å². The maximum Gasteiger partial charge on any atom is 0.168 e. The van der Waals surface area contributed by atoms with E-state index in [-0.39, 0.29) is 5.92 Å². The van der Waals surface area contributed by atoms with Crippen molar-refractivity contribution in [1.82, 2.24) is 4.90 Å². The van der Waals surface area contributed by atoms with E-state index in [1.165, 1.54) is 11.1 Å². The maximum atomic E-state index is 12.4. The first-order chi connectivity index (χ1) is 9.83. The molecule has 0 amide bonds. The van der Waals surface area contributed by atoms with Gasteiger partial charge in [0.2, 0.25) is 0 Å². The van der Waals surface area contributed by atoms with Crippen LogP contribution in [0.25, 0.3) is 0 Å². The summed E-state index contributed by atoms with van der Waals surface area (Å²) in [6, 6.07) is 18.6. The third kappa shape index (κ3) is 1.80. The van der Waals surface area contributed by atoms with Crippen molar-refractivity contribution in [2.24, 2.45) is 5.92 Å². The van der Waals surface area contributed by atoms with E-state index < -0.39 is 0 Å². The second-order valence-corrected chi connectivity index (χ2v) is 5.84. The Bertz CT molecular complexity index is 649. The first-order valence-electron chi connectivity index (χ1n) is 7.22. The van der Waals surface area contributed by atoms with Crippen molar-refractivity contribution < 1.29 is 4.79 Å². The number of carbonyl (C=O) groups excluding carboxylic acids is 1. The molecule has 1 aliphatic carbocycles. The molecule has 2 aromatic carbocycles. The smallest absolute Gasteiger partial charge is 0.168 e.